The molecule has 0 spiro atoms. The molecule has 0 unspecified atom stereocenters. The maximum absolute atomic E-state index is 12.6. The molecule has 1 aromatic heterocycles. The molecule has 2 aliphatic rings. The third-order valence-corrected chi connectivity index (χ3v) is 6.65. The monoisotopic (exact) mass is 400 g/mol. The Hall–Kier alpha value is -2.92. The molecule has 3 atom stereocenters. The van der Waals surface area contributed by atoms with Gasteiger partial charge in [0.25, 0.3) is 0 Å². The smallest absolute Gasteiger partial charge is 0.224 e. The number of rotatable bonds is 4. The van der Waals surface area contributed by atoms with Crippen molar-refractivity contribution in [1.82, 2.24) is 9.78 Å². The predicted octanol–water partition coefficient (Wildman–Crippen LogP) is 4.38. The Balaban J connectivity index is 1.47. The van der Waals surface area contributed by atoms with Gasteiger partial charge in [0, 0.05) is 36.5 Å². The van der Waals surface area contributed by atoms with Crippen molar-refractivity contribution in [3.05, 3.63) is 72.1 Å². The molecule has 30 heavy (non-hydrogen) atoms. The summed E-state index contributed by atoms with van der Waals surface area (Å²) in [6.45, 7) is 4.60. The molecule has 1 amide bonds. The highest BCUT2D eigenvalue weighted by molar-refractivity contribution is 5.94. The van der Waals surface area contributed by atoms with Gasteiger partial charge in [-0.3, -0.25) is 9.48 Å². The van der Waals surface area contributed by atoms with Crippen LogP contribution in [0.5, 0.6) is 0 Å². The van der Waals surface area contributed by atoms with Crippen LogP contribution in [0.4, 0.5) is 5.69 Å². The van der Waals surface area contributed by atoms with E-state index in [0.29, 0.717) is 5.92 Å². The molecule has 2 N–H and O–H groups in total. The highest BCUT2D eigenvalue weighted by Gasteiger charge is 2.46. The predicted molar refractivity (Wildman–Crippen MR) is 119 cm³/mol. The number of hydrogen-bond acceptors (Lipinski definition) is 3. The Labute approximate surface area is 177 Å². The molecule has 5 heteroatoms. The van der Waals surface area contributed by atoms with Crippen LogP contribution in [-0.4, -0.2) is 21.7 Å². The van der Waals surface area contributed by atoms with Crippen molar-refractivity contribution in [2.75, 3.05) is 4.90 Å². The van der Waals surface area contributed by atoms with Gasteiger partial charge in [-0.25, -0.2) is 0 Å². The topological polar surface area (TPSA) is 64.2 Å². The molecular weight excluding hydrogens is 372 g/mol. The molecule has 2 heterocycles. The van der Waals surface area contributed by atoms with E-state index >= 15 is 0 Å². The van der Waals surface area contributed by atoms with E-state index in [1.807, 2.05) is 34.0 Å². The van der Waals surface area contributed by atoms with Crippen molar-refractivity contribution < 1.29 is 4.79 Å². The van der Waals surface area contributed by atoms with Gasteiger partial charge in [0.2, 0.25) is 5.91 Å². The second-order valence-corrected chi connectivity index (χ2v) is 8.79. The van der Waals surface area contributed by atoms with Gasteiger partial charge in [0.1, 0.15) is 0 Å². The average molecular weight is 401 g/mol. The number of carbonyl (C=O) groups excluding carboxylic acids is 1. The first kappa shape index (κ1) is 19.1. The number of amides is 1. The highest BCUT2D eigenvalue weighted by atomic mass is 16.2. The number of aromatic nitrogens is 2. The maximum atomic E-state index is 12.6. The van der Waals surface area contributed by atoms with Crippen molar-refractivity contribution in [3.63, 3.8) is 0 Å². The van der Waals surface area contributed by atoms with Crippen LogP contribution in [0.2, 0.25) is 0 Å². The third-order valence-electron chi connectivity index (χ3n) is 6.65. The summed E-state index contributed by atoms with van der Waals surface area (Å²) in [4.78, 5) is 14.6. The first-order valence-corrected chi connectivity index (χ1v) is 10.8. The maximum Gasteiger partial charge on any atom is 0.224 e. The minimum absolute atomic E-state index is 0.0690. The lowest BCUT2D eigenvalue weighted by Gasteiger charge is -2.44. The van der Waals surface area contributed by atoms with Crippen molar-refractivity contribution in [3.8, 4) is 11.1 Å². The molecule has 0 saturated heterocycles. The van der Waals surface area contributed by atoms with Crippen molar-refractivity contribution in [2.45, 2.75) is 45.3 Å². The fourth-order valence-corrected chi connectivity index (χ4v) is 4.94. The Morgan fingerprint density at radius 3 is 2.60 bits per heavy atom. The molecule has 0 radical (unpaired) electrons. The molecule has 5 rings (SSSR count). The van der Waals surface area contributed by atoms with Crippen molar-refractivity contribution in [2.24, 2.45) is 17.6 Å². The van der Waals surface area contributed by atoms with Gasteiger partial charge in [-0.05, 0) is 53.5 Å². The lowest BCUT2D eigenvalue weighted by molar-refractivity contribution is -0.117. The van der Waals surface area contributed by atoms with E-state index in [1.54, 1.807) is 6.92 Å². The standard InChI is InChI=1S/C25H28N4O/c1-16-24(26)22-12-20(10-11-23(22)29(17(2)30)25(16)19-8-9-19)21-13-27-28(15-21)14-18-6-4-3-5-7-18/h3-7,10-13,15-16,19,24-25H,8-9,14,26H2,1-2H3/t16-,24-,25-/m1/s1. The van der Waals surface area contributed by atoms with E-state index in [0.717, 1.165) is 28.9 Å². The molecule has 1 aliphatic carbocycles. The van der Waals surface area contributed by atoms with Crippen LogP contribution < -0.4 is 10.6 Å². The molecule has 0 bridgehead atoms. The Kier molecular flexibility index (Phi) is 4.70. The first-order valence-electron chi connectivity index (χ1n) is 10.8. The summed E-state index contributed by atoms with van der Waals surface area (Å²) in [5.74, 6) is 0.930. The van der Waals surface area contributed by atoms with Crippen LogP contribution in [0.25, 0.3) is 11.1 Å². The van der Waals surface area contributed by atoms with Gasteiger partial charge in [0.05, 0.1) is 12.7 Å². The number of carbonyl (C=O) groups is 1. The number of nitrogens with zero attached hydrogens (tertiary/aromatic N) is 3. The summed E-state index contributed by atoms with van der Waals surface area (Å²) in [7, 11) is 0. The fourth-order valence-electron chi connectivity index (χ4n) is 4.94. The summed E-state index contributed by atoms with van der Waals surface area (Å²) >= 11 is 0. The molecule has 5 nitrogen and oxygen atoms in total. The summed E-state index contributed by atoms with van der Waals surface area (Å²) in [6, 6.07) is 16.8. The van der Waals surface area contributed by atoms with E-state index in [2.05, 4.69) is 48.6 Å². The number of anilines is 1. The number of benzene rings is 2. The molecular formula is C25H28N4O. The molecule has 1 saturated carbocycles. The lowest BCUT2D eigenvalue weighted by atomic mass is 9.80. The second-order valence-electron chi connectivity index (χ2n) is 8.79. The van der Waals surface area contributed by atoms with Crippen LogP contribution in [-0.2, 0) is 11.3 Å². The minimum atomic E-state index is -0.0690. The van der Waals surface area contributed by atoms with Crippen LogP contribution in [0.3, 0.4) is 0 Å². The lowest BCUT2D eigenvalue weighted by Crippen LogP contribution is -2.51. The summed E-state index contributed by atoms with van der Waals surface area (Å²) in [6.07, 6.45) is 6.36. The first-order chi connectivity index (χ1) is 14.5. The van der Waals surface area contributed by atoms with Gasteiger partial charge in [0.15, 0.2) is 0 Å². The molecule has 1 fully saturated rings. The van der Waals surface area contributed by atoms with Crippen molar-refractivity contribution >= 4 is 11.6 Å². The van der Waals surface area contributed by atoms with Crippen LogP contribution in [0.15, 0.2) is 60.9 Å². The van der Waals surface area contributed by atoms with Crippen molar-refractivity contribution in [1.29, 1.82) is 0 Å². The number of nitrogens with two attached hydrogens (primary N) is 1. The van der Waals surface area contributed by atoms with Crippen LogP contribution >= 0.6 is 0 Å². The minimum Gasteiger partial charge on any atom is -0.324 e. The number of hydrogen-bond donors (Lipinski definition) is 1. The van der Waals surface area contributed by atoms with E-state index in [4.69, 9.17) is 5.73 Å². The SMILES string of the molecule is CC(=O)N1c2ccc(-c3cnn(Cc4ccccc4)c3)cc2[C@H](N)[C@@H](C)[C@@H]1C1CC1. The van der Waals surface area contributed by atoms with Crippen LogP contribution in [0.1, 0.15) is 43.9 Å². The van der Waals surface area contributed by atoms with E-state index < -0.39 is 0 Å². The second kappa shape index (κ2) is 7.40. The quantitative estimate of drug-likeness (QED) is 0.707. The zero-order valence-electron chi connectivity index (χ0n) is 17.5. The molecule has 154 valence electrons. The van der Waals surface area contributed by atoms with Gasteiger partial charge in [-0.15, -0.1) is 0 Å². The zero-order chi connectivity index (χ0) is 20.8. The average Bonchev–Trinajstić information content (AvgIpc) is 3.48. The fraction of sp³-hybridized carbons (Fsp3) is 0.360. The van der Waals surface area contributed by atoms with Crippen LogP contribution in [0, 0.1) is 11.8 Å². The van der Waals surface area contributed by atoms with E-state index in [-0.39, 0.29) is 23.9 Å². The summed E-state index contributed by atoms with van der Waals surface area (Å²) < 4.78 is 1.96. The largest absolute Gasteiger partial charge is 0.324 e. The normalized spacial score (nSPS) is 23.3. The van der Waals surface area contributed by atoms with Gasteiger partial charge in [-0.1, -0.05) is 43.3 Å². The molecule has 2 aromatic carbocycles. The van der Waals surface area contributed by atoms with Gasteiger partial charge < -0.3 is 10.6 Å². The van der Waals surface area contributed by atoms with Gasteiger partial charge >= 0.3 is 0 Å². The zero-order valence-corrected chi connectivity index (χ0v) is 17.5. The van der Waals surface area contributed by atoms with Gasteiger partial charge in [-0.2, -0.15) is 5.10 Å². The Morgan fingerprint density at radius 2 is 1.90 bits per heavy atom. The summed E-state index contributed by atoms with van der Waals surface area (Å²) in [5, 5.41) is 4.54. The summed E-state index contributed by atoms with van der Waals surface area (Å²) in [5.41, 5.74) is 12.1. The Bertz CT molecular complexity index is 1070. The highest BCUT2D eigenvalue weighted by Crippen LogP contribution is 2.49. The number of fused-ring (bicyclic) bond motifs is 1. The molecule has 3 aromatic rings. The van der Waals surface area contributed by atoms with E-state index in [9.17, 15) is 4.79 Å². The molecule has 1 aliphatic heterocycles. The Morgan fingerprint density at radius 1 is 1.13 bits per heavy atom. The third kappa shape index (κ3) is 3.33. The van der Waals surface area contributed by atoms with E-state index in [1.165, 1.54) is 18.4 Å².